The normalized spacial score (nSPS) is 28.8. The van der Waals surface area contributed by atoms with Gasteiger partial charge in [-0.15, -0.1) is 0 Å². The van der Waals surface area contributed by atoms with E-state index in [0.29, 0.717) is 5.56 Å². The lowest BCUT2D eigenvalue weighted by Gasteiger charge is -2.11. The van der Waals surface area contributed by atoms with E-state index in [1.165, 1.54) is 0 Å². The predicted octanol–water partition coefficient (Wildman–Crippen LogP) is 1.86. The number of esters is 1. The monoisotopic (exact) mass is 288 g/mol. The summed E-state index contributed by atoms with van der Waals surface area (Å²) in [6, 6.07) is 5.73. The van der Waals surface area contributed by atoms with Crippen LogP contribution in [-0.2, 0) is 9.47 Å². The molecule has 1 saturated heterocycles. The van der Waals surface area contributed by atoms with Gasteiger partial charge in [-0.2, -0.15) is 0 Å². The molecule has 1 aromatic carbocycles. The molecule has 0 aliphatic carbocycles. The number of carbonyl (C=O) groups excluding carboxylic acids is 1. The Hall–Kier alpha value is -0.620. The Morgan fingerprint density at radius 1 is 1.38 bits per heavy atom. The van der Waals surface area contributed by atoms with Gasteiger partial charge in [0.1, 0.15) is 0 Å². The number of fused-ring (bicyclic) bond motifs is 3. The summed E-state index contributed by atoms with van der Waals surface area (Å²) in [7, 11) is 0. The van der Waals surface area contributed by atoms with Crippen LogP contribution in [0.3, 0.4) is 0 Å². The highest BCUT2D eigenvalue weighted by Crippen LogP contribution is 2.45. The molecule has 1 fully saturated rings. The Morgan fingerprint density at radius 3 is 3.08 bits per heavy atom. The molecule has 3 rings (SSSR count). The smallest absolute Gasteiger partial charge is 0.340 e. The maximum absolute atomic E-state index is 11.4. The van der Waals surface area contributed by atoms with Crippen LogP contribution >= 0.6 is 22.6 Å². The summed E-state index contributed by atoms with van der Waals surface area (Å²) in [4.78, 5) is 11.4. The Labute approximate surface area is 88.2 Å². The lowest BCUT2D eigenvalue weighted by molar-refractivity contribution is 0.0291. The molecule has 0 amide bonds. The van der Waals surface area contributed by atoms with Crippen LogP contribution in [0.4, 0.5) is 0 Å². The van der Waals surface area contributed by atoms with E-state index in [1.807, 2.05) is 18.2 Å². The Bertz CT molecular complexity index is 402. The van der Waals surface area contributed by atoms with Crippen LogP contribution in [0.2, 0.25) is 0 Å². The van der Waals surface area contributed by atoms with E-state index in [9.17, 15) is 4.79 Å². The average molecular weight is 288 g/mol. The molecular formula is C9H5IO3. The summed E-state index contributed by atoms with van der Waals surface area (Å²) in [6.07, 6.45) is -0.329. The third kappa shape index (κ3) is 1.08. The van der Waals surface area contributed by atoms with Crippen molar-refractivity contribution in [3.8, 4) is 0 Å². The summed E-state index contributed by atoms with van der Waals surface area (Å²) in [5.74, 6) is -0.271. The molecule has 13 heavy (non-hydrogen) atoms. The summed E-state index contributed by atoms with van der Waals surface area (Å²) in [5.41, 5.74) is 1.60. The van der Waals surface area contributed by atoms with Crippen LogP contribution in [0.1, 0.15) is 22.0 Å². The zero-order valence-electron chi connectivity index (χ0n) is 6.49. The maximum atomic E-state index is 11.4. The van der Waals surface area contributed by atoms with Gasteiger partial charge in [0, 0.05) is 9.13 Å². The van der Waals surface area contributed by atoms with E-state index in [1.54, 1.807) is 0 Å². The minimum Gasteiger partial charge on any atom is -0.429 e. The first-order valence-electron chi connectivity index (χ1n) is 3.91. The number of epoxide rings is 1. The second kappa shape index (κ2) is 2.45. The summed E-state index contributed by atoms with van der Waals surface area (Å²) in [5, 5.41) is 0. The number of benzene rings is 1. The molecule has 2 atom stereocenters. The molecule has 1 aromatic rings. The molecule has 2 aliphatic heterocycles. The molecule has 2 heterocycles. The fourth-order valence-electron chi connectivity index (χ4n) is 1.53. The van der Waals surface area contributed by atoms with Crippen molar-refractivity contribution >= 4 is 28.6 Å². The third-order valence-corrected chi connectivity index (χ3v) is 2.89. The van der Waals surface area contributed by atoms with Crippen molar-refractivity contribution in [2.24, 2.45) is 0 Å². The number of halogens is 1. The van der Waals surface area contributed by atoms with E-state index in [0.717, 1.165) is 9.13 Å². The molecule has 0 N–H and O–H groups in total. The van der Waals surface area contributed by atoms with Crippen molar-refractivity contribution in [1.29, 1.82) is 0 Å². The summed E-state index contributed by atoms with van der Waals surface area (Å²) < 4.78 is 11.2. The van der Waals surface area contributed by atoms with Crippen LogP contribution < -0.4 is 0 Å². The van der Waals surface area contributed by atoms with E-state index in [-0.39, 0.29) is 18.4 Å². The van der Waals surface area contributed by atoms with Gasteiger partial charge in [0.25, 0.3) is 0 Å². The van der Waals surface area contributed by atoms with Gasteiger partial charge in [0.05, 0.1) is 5.56 Å². The predicted molar refractivity (Wildman–Crippen MR) is 52.2 cm³/mol. The van der Waals surface area contributed by atoms with Gasteiger partial charge in [-0.1, -0.05) is 6.07 Å². The highest BCUT2D eigenvalue weighted by Gasteiger charge is 2.49. The summed E-state index contributed by atoms with van der Waals surface area (Å²) >= 11 is 2.17. The first-order valence-corrected chi connectivity index (χ1v) is 4.99. The zero-order chi connectivity index (χ0) is 9.00. The first kappa shape index (κ1) is 7.75. The van der Waals surface area contributed by atoms with E-state index in [2.05, 4.69) is 22.6 Å². The molecule has 0 aromatic heterocycles. The molecule has 0 saturated carbocycles. The van der Waals surface area contributed by atoms with Gasteiger partial charge < -0.3 is 9.47 Å². The maximum Gasteiger partial charge on any atom is 0.340 e. The van der Waals surface area contributed by atoms with E-state index < -0.39 is 0 Å². The van der Waals surface area contributed by atoms with Gasteiger partial charge in [-0.25, -0.2) is 4.79 Å². The minimum atomic E-state index is -0.319. The van der Waals surface area contributed by atoms with Gasteiger partial charge in [-0.05, 0) is 34.7 Å². The summed E-state index contributed by atoms with van der Waals surface area (Å²) in [6.45, 7) is 0. The van der Waals surface area contributed by atoms with Gasteiger partial charge >= 0.3 is 5.97 Å². The van der Waals surface area contributed by atoms with E-state index >= 15 is 0 Å². The van der Waals surface area contributed by atoms with Crippen molar-refractivity contribution in [2.45, 2.75) is 12.4 Å². The van der Waals surface area contributed by atoms with Crippen LogP contribution in [0.5, 0.6) is 0 Å². The molecule has 0 radical (unpaired) electrons. The highest BCUT2D eigenvalue weighted by atomic mass is 127. The van der Waals surface area contributed by atoms with Crippen molar-refractivity contribution in [2.75, 3.05) is 0 Å². The van der Waals surface area contributed by atoms with Gasteiger partial charge in [0.15, 0.2) is 6.10 Å². The largest absolute Gasteiger partial charge is 0.429 e. The van der Waals surface area contributed by atoms with Crippen LogP contribution in [0, 0.1) is 3.57 Å². The zero-order valence-corrected chi connectivity index (χ0v) is 8.65. The van der Waals surface area contributed by atoms with Crippen LogP contribution in [-0.4, -0.2) is 12.3 Å². The highest BCUT2D eigenvalue weighted by molar-refractivity contribution is 14.1. The number of hydrogen-bond donors (Lipinski definition) is 0. The Kier molecular flexibility index (Phi) is 1.46. The Morgan fingerprint density at radius 2 is 2.23 bits per heavy atom. The van der Waals surface area contributed by atoms with Gasteiger partial charge in [-0.3, -0.25) is 0 Å². The van der Waals surface area contributed by atoms with Crippen molar-refractivity contribution in [3.63, 3.8) is 0 Å². The van der Waals surface area contributed by atoms with Crippen molar-refractivity contribution in [3.05, 3.63) is 32.9 Å². The number of hydrogen-bond acceptors (Lipinski definition) is 3. The molecule has 2 aliphatic rings. The van der Waals surface area contributed by atoms with Crippen LogP contribution in [0.15, 0.2) is 18.2 Å². The number of carbonyl (C=O) groups is 1. The third-order valence-electron chi connectivity index (χ3n) is 2.22. The minimum absolute atomic E-state index is 0.00954. The van der Waals surface area contributed by atoms with Gasteiger partial charge in [0.2, 0.25) is 6.29 Å². The average Bonchev–Trinajstić information content (AvgIpc) is 2.83. The van der Waals surface area contributed by atoms with Crippen molar-refractivity contribution in [1.82, 2.24) is 0 Å². The second-order valence-electron chi connectivity index (χ2n) is 3.06. The fourth-order valence-corrected chi connectivity index (χ4v) is 2.02. The standard InChI is InChI=1S/C9H5IO3/c10-4-1-2-5-6(3-4)8(11)13-9-7(5)12-9/h1-3,7,9H. The fraction of sp³-hybridized carbons (Fsp3) is 0.222. The number of ether oxygens (including phenoxy) is 2. The molecule has 3 nitrogen and oxygen atoms in total. The Balaban J connectivity index is 2.20. The molecule has 0 spiro atoms. The lowest BCUT2D eigenvalue weighted by atomic mass is 10.0. The molecule has 2 unspecified atom stereocenters. The second-order valence-corrected chi connectivity index (χ2v) is 4.31. The number of rotatable bonds is 0. The first-order chi connectivity index (χ1) is 6.25. The van der Waals surface area contributed by atoms with E-state index in [4.69, 9.17) is 9.47 Å². The molecule has 0 bridgehead atoms. The quantitative estimate of drug-likeness (QED) is 0.415. The van der Waals surface area contributed by atoms with Crippen molar-refractivity contribution < 1.29 is 14.3 Å². The molecule has 4 heteroatoms. The SMILES string of the molecule is O=C1OC2OC2c2ccc(I)cc21. The topological polar surface area (TPSA) is 38.8 Å². The van der Waals surface area contributed by atoms with Crippen LogP contribution in [0.25, 0.3) is 0 Å². The molecule has 66 valence electrons. The lowest BCUT2D eigenvalue weighted by Crippen LogP contribution is -2.15. The molecular weight excluding hydrogens is 283 g/mol.